The van der Waals surface area contributed by atoms with Crippen LogP contribution in [0.3, 0.4) is 0 Å². The lowest BCUT2D eigenvalue weighted by Gasteiger charge is -2.39. The van der Waals surface area contributed by atoms with Crippen LogP contribution < -0.4 is 5.32 Å². The van der Waals surface area contributed by atoms with Gasteiger partial charge in [0, 0.05) is 11.2 Å². The Morgan fingerprint density at radius 1 is 1.42 bits per heavy atom. The van der Waals surface area contributed by atoms with Crippen molar-refractivity contribution in [3.63, 3.8) is 0 Å². The Morgan fingerprint density at radius 2 is 2.05 bits per heavy atom. The van der Waals surface area contributed by atoms with Gasteiger partial charge in [0.05, 0.1) is 5.37 Å². The number of thioether (sulfide) groups is 1. The van der Waals surface area contributed by atoms with Crippen molar-refractivity contribution in [1.29, 1.82) is 0 Å². The van der Waals surface area contributed by atoms with Crippen LogP contribution in [0, 0.1) is 5.41 Å². The highest BCUT2D eigenvalue weighted by molar-refractivity contribution is 8.00. The lowest BCUT2D eigenvalue weighted by molar-refractivity contribution is -0.154. The summed E-state index contributed by atoms with van der Waals surface area (Å²) < 4.78 is 0. The first-order valence-electron chi connectivity index (χ1n) is 6.87. The van der Waals surface area contributed by atoms with Gasteiger partial charge in [0.15, 0.2) is 0 Å². The molecule has 19 heavy (non-hydrogen) atoms. The van der Waals surface area contributed by atoms with Gasteiger partial charge in [0.1, 0.15) is 6.04 Å². The lowest BCUT2D eigenvalue weighted by atomic mass is 9.79. The summed E-state index contributed by atoms with van der Waals surface area (Å²) in [6, 6.07) is -0.658. The third-order valence-electron chi connectivity index (χ3n) is 4.18. The molecule has 2 aliphatic heterocycles. The molecule has 2 aliphatic rings. The molecule has 2 heterocycles. The van der Waals surface area contributed by atoms with Crippen molar-refractivity contribution in [2.45, 2.75) is 44.5 Å². The zero-order valence-corrected chi connectivity index (χ0v) is 12.3. The van der Waals surface area contributed by atoms with E-state index < -0.39 is 17.4 Å². The average Bonchev–Trinajstić information content (AvgIpc) is 2.82. The number of aliphatic carboxylic acids is 1. The number of carbonyl (C=O) groups excluding carboxylic acids is 1. The molecule has 0 bridgehead atoms. The summed E-state index contributed by atoms with van der Waals surface area (Å²) in [4.78, 5) is 25.8. The molecule has 0 aromatic rings. The van der Waals surface area contributed by atoms with Crippen LogP contribution in [-0.2, 0) is 9.59 Å². The van der Waals surface area contributed by atoms with Gasteiger partial charge in [0.25, 0.3) is 0 Å². The van der Waals surface area contributed by atoms with Gasteiger partial charge < -0.3 is 15.3 Å². The summed E-state index contributed by atoms with van der Waals surface area (Å²) in [6.45, 7) is 5.65. The van der Waals surface area contributed by atoms with Gasteiger partial charge in [-0.25, -0.2) is 4.79 Å². The average molecular weight is 286 g/mol. The standard InChI is InChI=1S/C13H22N2O3S/c1-3-10-15(9(8-19-10)11(16)17)12(18)13(2)4-6-14-7-5-13/h9-10,14H,3-8H2,1-2H3,(H,16,17). The SMILES string of the molecule is CCC1SCC(C(=O)O)N1C(=O)C1(C)CCNCC1. The summed E-state index contributed by atoms with van der Waals surface area (Å²) in [5.74, 6) is -0.346. The first-order valence-corrected chi connectivity index (χ1v) is 7.92. The molecule has 108 valence electrons. The smallest absolute Gasteiger partial charge is 0.327 e. The van der Waals surface area contributed by atoms with Crippen LogP contribution in [-0.4, -0.2) is 52.1 Å². The molecule has 0 saturated carbocycles. The Labute approximate surface area is 118 Å². The lowest BCUT2D eigenvalue weighted by Crippen LogP contribution is -2.53. The fourth-order valence-electron chi connectivity index (χ4n) is 2.84. The number of carboxylic acid groups (broad SMARTS) is 1. The first-order chi connectivity index (χ1) is 8.99. The fraction of sp³-hybridized carbons (Fsp3) is 0.846. The van der Waals surface area contributed by atoms with Crippen molar-refractivity contribution in [2.75, 3.05) is 18.8 Å². The second-order valence-corrected chi connectivity index (χ2v) is 6.78. The molecule has 0 aromatic carbocycles. The Kier molecular flexibility index (Phi) is 4.40. The highest BCUT2D eigenvalue weighted by atomic mass is 32.2. The zero-order valence-electron chi connectivity index (χ0n) is 11.5. The molecule has 2 saturated heterocycles. The van der Waals surface area contributed by atoms with Crippen molar-refractivity contribution in [3.8, 4) is 0 Å². The number of carboxylic acids is 1. The molecule has 2 rings (SSSR count). The van der Waals surface area contributed by atoms with Crippen LogP contribution in [0.4, 0.5) is 0 Å². The molecule has 2 N–H and O–H groups in total. The third-order valence-corrected chi connectivity index (χ3v) is 5.64. The predicted molar refractivity (Wildman–Crippen MR) is 75.0 cm³/mol. The molecular weight excluding hydrogens is 264 g/mol. The van der Waals surface area contributed by atoms with Gasteiger partial charge in [-0.3, -0.25) is 4.79 Å². The molecule has 6 heteroatoms. The number of carbonyl (C=O) groups is 2. The first kappa shape index (κ1) is 14.7. The Bertz CT molecular complexity index is 369. The van der Waals surface area contributed by atoms with Crippen LogP contribution in [0.15, 0.2) is 0 Å². The Hall–Kier alpha value is -0.750. The molecule has 0 radical (unpaired) electrons. The molecule has 0 aliphatic carbocycles. The Balaban J connectivity index is 2.20. The van der Waals surface area contributed by atoms with E-state index in [2.05, 4.69) is 5.32 Å². The van der Waals surface area contributed by atoms with Gasteiger partial charge in [-0.15, -0.1) is 11.8 Å². The molecular formula is C13H22N2O3S. The van der Waals surface area contributed by atoms with E-state index in [-0.39, 0.29) is 11.3 Å². The number of rotatable bonds is 3. The van der Waals surface area contributed by atoms with E-state index in [1.165, 1.54) is 0 Å². The monoisotopic (exact) mass is 286 g/mol. The summed E-state index contributed by atoms with van der Waals surface area (Å²) in [6.07, 6.45) is 2.38. The van der Waals surface area contributed by atoms with Crippen molar-refractivity contribution < 1.29 is 14.7 Å². The van der Waals surface area contributed by atoms with E-state index in [9.17, 15) is 14.7 Å². The summed E-state index contributed by atoms with van der Waals surface area (Å²) >= 11 is 1.59. The number of nitrogens with one attached hydrogen (secondary N) is 1. The molecule has 1 amide bonds. The number of nitrogens with zero attached hydrogens (tertiary/aromatic N) is 1. The maximum Gasteiger partial charge on any atom is 0.327 e. The predicted octanol–water partition coefficient (Wildman–Crippen LogP) is 1.14. The van der Waals surface area contributed by atoms with Gasteiger partial charge in [-0.2, -0.15) is 0 Å². The minimum Gasteiger partial charge on any atom is -0.480 e. The zero-order chi connectivity index (χ0) is 14.0. The Morgan fingerprint density at radius 3 is 2.58 bits per heavy atom. The maximum atomic E-state index is 12.8. The van der Waals surface area contributed by atoms with Crippen molar-refractivity contribution >= 4 is 23.6 Å². The molecule has 0 spiro atoms. The topological polar surface area (TPSA) is 69.6 Å². The normalized spacial score (nSPS) is 30.3. The van der Waals surface area contributed by atoms with Crippen molar-refractivity contribution in [1.82, 2.24) is 10.2 Å². The largest absolute Gasteiger partial charge is 0.480 e. The van der Waals surface area contributed by atoms with Gasteiger partial charge in [0.2, 0.25) is 5.91 Å². The van der Waals surface area contributed by atoms with Crippen molar-refractivity contribution in [2.24, 2.45) is 5.41 Å². The number of hydrogen-bond acceptors (Lipinski definition) is 4. The van der Waals surface area contributed by atoms with E-state index in [4.69, 9.17) is 0 Å². The van der Waals surface area contributed by atoms with E-state index in [0.717, 1.165) is 32.4 Å². The molecule has 0 aromatic heterocycles. The van der Waals surface area contributed by atoms with E-state index in [0.29, 0.717) is 5.75 Å². The van der Waals surface area contributed by atoms with Gasteiger partial charge in [-0.1, -0.05) is 13.8 Å². The highest BCUT2D eigenvalue weighted by Gasteiger charge is 2.47. The van der Waals surface area contributed by atoms with Gasteiger partial charge >= 0.3 is 5.97 Å². The maximum absolute atomic E-state index is 12.8. The fourth-order valence-corrected chi connectivity index (χ4v) is 4.19. The van der Waals surface area contributed by atoms with Crippen molar-refractivity contribution in [3.05, 3.63) is 0 Å². The number of piperidine rings is 1. The number of amides is 1. The van der Waals surface area contributed by atoms with E-state index in [1.54, 1.807) is 16.7 Å². The molecule has 5 nitrogen and oxygen atoms in total. The minimum atomic E-state index is -0.880. The van der Waals surface area contributed by atoms with Crippen LogP contribution >= 0.6 is 11.8 Å². The van der Waals surface area contributed by atoms with E-state index >= 15 is 0 Å². The second-order valence-electron chi connectivity index (χ2n) is 5.57. The second kappa shape index (κ2) is 5.71. The van der Waals surface area contributed by atoms with Crippen LogP contribution in [0.25, 0.3) is 0 Å². The van der Waals surface area contributed by atoms with Crippen LogP contribution in [0.2, 0.25) is 0 Å². The summed E-state index contributed by atoms with van der Waals surface area (Å²) in [5, 5.41) is 12.6. The highest BCUT2D eigenvalue weighted by Crippen LogP contribution is 2.38. The van der Waals surface area contributed by atoms with Gasteiger partial charge in [-0.05, 0) is 32.4 Å². The third kappa shape index (κ3) is 2.74. The minimum absolute atomic E-state index is 0.0142. The molecule has 2 unspecified atom stereocenters. The molecule has 2 atom stereocenters. The number of hydrogen-bond donors (Lipinski definition) is 2. The quantitative estimate of drug-likeness (QED) is 0.814. The summed E-state index contributed by atoms with van der Waals surface area (Å²) in [7, 11) is 0. The summed E-state index contributed by atoms with van der Waals surface area (Å²) in [5.41, 5.74) is -0.405. The molecule has 2 fully saturated rings. The van der Waals surface area contributed by atoms with Crippen LogP contribution in [0.1, 0.15) is 33.1 Å². The van der Waals surface area contributed by atoms with Crippen LogP contribution in [0.5, 0.6) is 0 Å². The van der Waals surface area contributed by atoms with E-state index in [1.807, 2.05) is 13.8 Å².